The Labute approximate surface area is 126 Å². The molecule has 0 aliphatic rings. The third-order valence-electron chi connectivity index (χ3n) is 2.82. The first-order chi connectivity index (χ1) is 10.6. The van der Waals surface area contributed by atoms with E-state index in [9.17, 15) is 9.59 Å². The molecule has 0 atom stereocenters. The third kappa shape index (κ3) is 3.72. The maximum atomic E-state index is 11.7. The molecule has 1 aromatic heterocycles. The van der Waals surface area contributed by atoms with Gasteiger partial charge in [0.15, 0.2) is 0 Å². The summed E-state index contributed by atoms with van der Waals surface area (Å²) < 4.78 is 9.16. The summed E-state index contributed by atoms with van der Waals surface area (Å²) in [6.07, 6.45) is 2.68. The lowest BCUT2D eigenvalue weighted by Gasteiger charge is -2.10. The Kier molecular flexibility index (Phi) is 4.92. The van der Waals surface area contributed by atoms with Crippen LogP contribution in [-0.2, 0) is 19.1 Å². The summed E-state index contributed by atoms with van der Waals surface area (Å²) in [5.74, 6) is -1.32. The van der Waals surface area contributed by atoms with E-state index in [2.05, 4.69) is 25.0 Å². The molecular formula is C15H15N3O4. The number of rotatable bonds is 5. The Morgan fingerprint density at radius 1 is 1.23 bits per heavy atom. The fourth-order valence-corrected chi connectivity index (χ4v) is 1.77. The highest BCUT2D eigenvalue weighted by Gasteiger charge is 2.13. The number of aromatic nitrogens is 2. The Hall–Kier alpha value is -3.09. The van der Waals surface area contributed by atoms with E-state index in [0.29, 0.717) is 5.69 Å². The van der Waals surface area contributed by atoms with Gasteiger partial charge in [-0.15, -0.1) is 0 Å². The standard InChI is InChI=1S/C15H15N3O4/c1-21-14(19)9-13(15(20)22-2)17-11-5-3-4-10(8-11)12-6-7-16-18-12/h3-9,17H,1-2H3,(H,16,18)/b13-9+. The first kappa shape index (κ1) is 15.3. The van der Waals surface area contributed by atoms with Crippen molar-refractivity contribution >= 4 is 17.6 Å². The Balaban J connectivity index is 2.27. The fraction of sp³-hybridized carbons (Fsp3) is 0.133. The predicted octanol–water partition coefficient (Wildman–Crippen LogP) is 1.72. The lowest BCUT2D eigenvalue weighted by atomic mass is 10.1. The number of nitrogens with one attached hydrogen (secondary N) is 2. The van der Waals surface area contributed by atoms with Crippen LogP contribution in [0.2, 0.25) is 0 Å². The molecule has 2 aromatic rings. The zero-order valence-corrected chi connectivity index (χ0v) is 12.1. The van der Waals surface area contributed by atoms with Crippen molar-refractivity contribution in [3.63, 3.8) is 0 Å². The number of aromatic amines is 1. The molecule has 22 heavy (non-hydrogen) atoms. The highest BCUT2D eigenvalue weighted by atomic mass is 16.5. The van der Waals surface area contributed by atoms with E-state index < -0.39 is 11.9 Å². The van der Waals surface area contributed by atoms with Gasteiger partial charge in [-0.05, 0) is 18.2 Å². The van der Waals surface area contributed by atoms with Crippen molar-refractivity contribution in [1.82, 2.24) is 10.2 Å². The molecule has 0 saturated carbocycles. The maximum absolute atomic E-state index is 11.7. The van der Waals surface area contributed by atoms with Crippen LogP contribution in [0.4, 0.5) is 5.69 Å². The van der Waals surface area contributed by atoms with Crippen molar-refractivity contribution in [2.24, 2.45) is 0 Å². The van der Waals surface area contributed by atoms with E-state index in [1.54, 1.807) is 12.3 Å². The molecule has 1 heterocycles. The van der Waals surface area contributed by atoms with E-state index in [4.69, 9.17) is 0 Å². The van der Waals surface area contributed by atoms with Crippen LogP contribution in [0.5, 0.6) is 0 Å². The lowest BCUT2D eigenvalue weighted by Crippen LogP contribution is -2.15. The van der Waals surface area contributed by atoms with E-state index >= 15 is 0 Å². The molecule has 0 unspecified atom stereocenters. The highest BCUT2D eigenvalue weighted by Crippen LogP contribution is 2.21. The molecule has 0 radical (unpaired) electrons. The lowest BCUT2D eigenvalue weighted by molar-refractivity contribution is -0.138. The molecule has 0 saturated heterocycles. The molecule has 0 amide bonds. The SMILES string of the molecule is COC(=O)/C=C(/Nc1cccc(-c2ccn[nH]2)c1)C(=O)OC. The topological polar surface area (TPSA) is 93.3 Å². The van der Waals surface area contributed by atoms with Crippen molar-refractivity contribution < 1.29 is 19.1 Å². The minimum Gasteiger partial charge on any atom is -0.466 e. The minimum absolute atomic E-state index is 0.0175. The first-order valence-corrected chi connectivity index (χ1v) is 6.39. The summed E-state index contributed by atoms with van der Waals surface area (Å²) >= 11 is 0. The number of hydrogen-bond donors (Lipinski definition) is 2. The summed E-state index contributed by atoms with van der Waals surface area (Å²) in [6.45, 7) is 0. The van der Waals surface area contributed by atoms with Gasteiger partial charge >= 0.3 is 11.9 Å². The largest absolute Gasteiger partial charge is 0.466 e. The molecule has 0 aliphatic heterocycles. The number of nitrogens with zero attached hydrogens (tertiary/aromatic N) is 1. The number of carbonyl (C=O) groups excluding carboxylic acids is 2. The van der Waals surface area contributed by atoms with Gasteiger partial charge in [0.05, 0.1) is 26.0 Å². The summed E-state index contributed by atoms with van der Waals surface area (Å²) in [4.78, 5) is 23.0. The van der Waals surface area contributed by atoms with Crippen LogP contribution in [0.3, 0.4) is 0 Å². The van der Waals surface area contributed by atoms with Gasteiger partial charge in [0.25, 0.3) is 0 Å². The number of hydrogen-bond acceptors (Lipinski definition) is 6. The number of ether oxygens (including phenoxy) is 2. The molecule has 2 N–H and O–H groups in total. The third-order valence-corrected chi connectivity index (χ3v) is 2.82. The average molecular weight is 301 g/mol. The van der Waals surface area contributed by atoms with Crippen LogP contribution in [0.1, 0.15) is 0 Å². The predicted molar refractivity (Wildman–Crippen MR) is 79.8 cm³/mol. The minimum atomic E-state index is -0.669. The second kappa shape index (κ2) is 7.07. The number of esters is 2. The fourth-order valence-electron chi connectivity index (χ4n) is 1.77. The second-order valence-corrected chi connectivity index (χ2v) is 4.25. The summed E-state index contributed by atoms with van der Waals surface area (Å²) in [5.41, 5.74) is 2.31. The van der Waals surface area contributed by atoms with Gasteiger partial charge < -0.3 is 14.8 Å². The molecule has 1 aromatic carbocycles. The van der Waals surface area contributed by atoms with Gasteiger partial charge in [-0.3, -0.25) is 5.10 Å². The normalized spacial score (nSPS) is 10.9. The number of carbonyl (C=O) groups is 2. The van der Waals surface area contributed by atoms with Gasteiger partial charge in [-0.25, -0.2) is 9.59 Å². The van der Waals surface area contributed by atoms with Crippen LogP contribution >= 0.6 is 0 Å². The van der Waals surface area contributed by atoms with Crippen LogP contribution in [0.25, 0.3) is 11.3 Å². The zero-order chi connectivity index (χ0) is 15.9. The number of benzene rings is 1. The molecule has 0 spiro atoms. The molecular weight excluding hydrogens is 286 g/mol. The van der Waals surface area contributed by atoms with E-state index in [0.717, 1.165) is 17.3 Å². The Morgan fingerprint density at radius 3 is 2.68 bits per heavy atom. The zero-order valence-electron chi connectivity index (χ0n) is 12.1. The number of anilines is 1. The van der Waals surface area contributed by atoms with Crippen LogP contribution in [0.15, 0.2) is 48.3 Å². The van der Waals surface area contributed by atoms with Crippen molar-refractivity contribution in [2.45, 2.75) is 0 Å². The van der Waals surface area contributed by atoms with Crippen LogP contribution in [-0.4, -0.2) is 36.4 Å². The van der Waals surface area contributed by atoms with Crippen molar-refractivity contribution in [2.75, 3.05) is 19.5 Å². The van der Waals surface area contributed by atoms with Gasteiger partial charge in [-0.1, -0.05) is 12.1 Å². The van der Waals surface area contributed by atoms with Crippen molar-refractivity contribution in [3.05, 3.63) is 48.3 Å². The Bertz CT molecular complexity index is 693. The van der Waals surface area contributed by atoms with Crippen molar-refractivity contribution in [3.8, 4) is 11.3 Å². The van der Waals surface area contributed by atoms with Crippen LogP contribution in [0, 0.1) is 0 Å². The molecule has 7 nitrogen and oxygen atoms in total. The molecule has 0 fully saturated rings. The smallest absolute Gasteiger partial charge is 0.354 e. The monoisotopic (exact) mass is 301 g/mol. The van der Waals surface area contributed by atoms with E-state index in [1.807, 2.05) is 24.3 Å². The van der Waals surface area contributed by atoms with Crippen LogP contribution < -0.4 is 5.32 Å². The number of H-pyrrole nitrogens is 1. The van der Waals surface area contributed by atoms with E-state index in [1.165, 1.54) is 14.2 Å². The van der Waals surface area contributed by atoms with Gasteiger partial charge in [-0.2, -0.15) is 5.10 Å². The quantitative estimate of drug-likeness (QED) is 0.645. The van der Waals surface area contributed by atoms with Gasteiger partial charge in [0, 0.05) is 17.4 Å². The summed E-state index contributed by atoms with van der Waals surface area (Å²) in [5, 5.41) is 9.59. The first-order valence-electron chi connectivity index (χ1n) is 6.39. The molecule has 7 heteroatoms. The van der Waals surface area contributed by atoms with Gasteiger partial charge in [0.2, 0.25) is 0 Å². The second-order valence-electron chi connectivity index (χ2n) is 4.25. The van der Waals surface area contributed by atoms with E-state index in [-0.39, 0.29) is 5.70 Å². The van der Waals surface area contributed by atoms with Crippen molar-refractivity contribution in [1.29, 1.82) is 0 Å². The molecule has 0 bridgehead atoms. The molecule has 0 aliphatic carbocycles. The maximum Gasteiger partial charge on any atom is 0.354 e. The Morgan fingerprint density at radius 2 is 2.05 bits per heavy atom. The molecule has 114 valence electrons. The summed E-state index contributed by atoms with van der Waals surface area (Å²) in [6, 6.07) is 9.09. The van der Waals surface area contributed by atoms with Gasteiger partial charge in [0.1, 0.15) is 5.70 Å². The molecule has 2 rings (SSSR count). The number of methoxy groups -OCH3 is 2. The summed E-state index contributed by atoms with van der Waals surface area (Å²) in [7, 11) is 2.46. The average Bonchev–Trinajstić information content (AvgIpc) is 3.08. The highest BCUT2D eigenvalue weighted by molar-refractivity contribution is 5.98.